The summed E-state index contributed by atoms with van der Waals surface area (Å²) >= 11 is 0. The lowest BCUT2D eigenvalue weighted by atomic mass is 9.90. The number of aromatic nitrogens is 3. The number of nitrogens with zero attached hydrogens (tertiary/aromatic N) is 4. The number of carbonyl (C=O) groups excluding carboxylic acids is 1. The second kappa shape index (κ2) is 8.96. The number of likely N-dealkylation sites (tertiary alicyclic amines) is 1. The van der Waals surface area contributed by atoms with Gasteiger partial charge in [0.05, 0.1) is 6.54 Å². The normalized spacial score (nSPS) is 19.5. The van der Waals surface area contributed by atoms with Gasteiger partial charge in [-0.3, -0.25) is 19.6 Å². The second-order valence-corrected chi connectivity index (χ2v) is 7.98. The average Bonchev–Trinajstić information content (AvgIpc) is 3.15. The molecule has 0 unspecified atom stereocenters. The SMILES string of the molecule is [B]c1ccccc1CN1CCN(C(=O)C2CCN(Cc3n[nH]c(=O)[nH]3)CC2)CC1. The highest BCUT2D eigenvalue weighted by Crippen LogP contribution is 2.21. The smallest absolute Gasteiger partial charge is 0.340 e. The van der Waals surface area contributed by atoms with Gasteiger partial charge in [0.15, 0.2) is 0 Å². The minimum absolute atomic E-state index is 0.0980. The van der Waals surface area contributed by atoms with Crippen LogP contribution < -0.4 is 11.2 Å². The molecule has 29 heavy (non-hydrogen) atoms. The number of piperazine rings is 1. The summed E-state index contributed by atoms with van der Waals surface area (Å²) in [7, 11) is 6.05. The van der Waals surface area contributed by atoms with Gasteiger partial charge in [0.1, 0.15) is 13.7 Å². The molecule has 2 N–H and O–H groups in total. The van der Waals surface area contributed by atoms with E-state index in [-0.39, 0.29) is 17.5 Å². The molecule has 0 bridgehead atoms. The van der Waals surface area contributed by atoms with Crippen LogP contribution in [-0.2, 0) is 17.9 Å². The van der Waals surface area contributed by atoms with E-state index >= 15 is 0 Å². The van der Waals surface area contributed by atoms with E-state index in [1.54, 1.807) is 0 Å². The summed E-state index contributed by atoms with van der Waals surface area (Å²) in [6.45, 7) is 6.46. The molecule has 152 valence electrons. The largest absolute Gasteiger partial charge is 0.340 e. The first kappa shape index (κ1) is 19.9. The van der Waals surface area contributed by atoms with Gasteiger partial charge in [-0.25, -0.2) is 9.89 Å². The molecule has 1 aromatic carbocycles. The van der Waals surface area contributed by atoms with Crippen molar-refractivity contribution >= 4 is 19.2 Å². The minimum atomic E-state index is -0.279. The standard InChI is InChI=1S/C20H27BN6O2/c21-17-4-2-1-3-16(17)13-26-9-11-27(12-10-26)19(28)15-5-7-25(8-6-15)14-18-22-20(29)24-23-18/h1-4,15H,5-14H2,(H2,22,23,24,29). The van der Waals surface area contributed by atoms with Gasteiger partial charge in [-0.15, -0.1) is 0 Å². The van der Waals surface area contributed by atoms with Gasteiger partial charge in [0.2, 0.25) is 5.91 Å². The van der Waals surface area contributed by atoms with Gasteiger partial charge in [0, 0.05) is 38.6 Å². The number of piperidine rings is 1. The fourth-order valence-electron chi connectivity index (χ4n) is 4.23. The molecule has 2 saturated heterocycles. The van der Waals surface area contributed by atoms with Crippen molar-refractivity contribution in [2.45, 2.75) is 25.9 Å². The molecule has 0 saturated carbocycles. The van der Waals surface area contributed by atoms with Crippen LogP contribution in [0.2, 0.25) is 0 Å². The van der Waals surface area contributed by atoms with Crippen LogP contribution in [0.4, 0.5) is 0 Å². The van der Waals surface area contributed by atoms with E-state index < -0.39 is 0 Å². The van der Waals surface area contributed by atoms with Crippen molar-refractivity contribution in [3.05, 3.63) is 46.1 Å². The number of amides is 1. The van der Waals surface area contributed by atoms with Crippen LogP contribution in [-0.4, -0.2) is 82.9 Å². The maximum Gasteiger partial charge on any atom is 0.340 e. The highest BCUT2D eigenvalue weighted by atomic mass is 16.2. The molecule has 9 heteroatoms. The summed E-state index contributed by atoms with van der Waals surface area (Å²) in [5.41, 5.74) is 1.70. The number of H-pyrrole nitrogens is 2. The van der Waals surface area contributed by atoms with Crippen molar-refractivity contribution in [2.24, 2.45) is 5.92 Å². The van der Waals surface area contributed by atoms with Crippen molar-refractivity contribution in [1.82, 2.24) is 29.9 Å². The number of carbonyl (C=O) groups is 1. The third-order valence-corrected chi connectivity index (χ3v) is 5.99. The molecular formula is C20H27BN6O2. The topological polar surface area (TPSA) is 88.3 Å². The molecule has 8 nitrogen and oxygen atoms in total. The molecule has 0 spiro atoms. The van der Waals surface area contributed by atoms with Gasteiger partial charge < -0.3 is 4.90 Å². The van der Waals surface area contributed by atoms with Crippen LogP contribution >= 0.6 is 0 Å². The average molecular weight is 394 g/mol. The number of hydrogen-bond acceptors (Lipinski definition) is 5. The summed E-state index contributed by atoms with van der Waals surface area (Å²) in [5, 5.41) is 6.35. The first-order valence-electron chi connectivity index (χ1n) is 10.3. The fourth-order valence-corrected chi connectivity index (χ4v) is 4.23. The molecule has 0 atom stereocenters. The third-order valence-electron chi connectivity index (χ3n) is 5.99. The van der Waals surface area contributed by atoms with Gasteiger partial charge >= 0.3 is 5.69 Å². The van der Waals surface area contributed by atoms with Crippen LogP contribution in [0, 0.1) is 5.92 Å². The van der Waals surface area contributed by atoms with Crippen LogP contribution in [0.5, 0.6) is 0 Å². The monoisotopic (exact) mass is 394 g/mol. The van der Waals surface area contributed by atoms with E-state index in [9.17, 15) is 9.59 Å². The Hall–Kier alpha value is -2.39. The van der Waals surface area contributed by atoms with Gasteiger partial charge in [0.25, 0.3) is 0 Å². The first-order valence-corrected chi connectivity index (χ1v) is 10.3. The molecule has 1 aromatic heterocycles. The molecule has 0 aliphatic carbocycles. The molecule has 2 aliphatic rings. The first-order chi connectivity index (χ1) is 14.1. The van der Waals surface area contributed by atoms with E-state index in [1.165, 1.54) is 0 Å². The Kier molecular flexibility index (Phi) is 6.15. The lowest BCUT2D eigenvalue weighted by Crippen LogP contribution is -2.51. The van der Waals surface area contributed by atoms with Crippen LogP contribution in [0.3, 0.4) is 0 Å². The van der Waals surface area contributed by atoms with Crippen molar-refractivity contribution in [1.29, 1.82) is 0 Å². The second-order valence-electron chi connectivity index (χ2n) is 7.98. The number of rotatable bonds is 5. The molecule has 4 rings (SSSR count). The predicted octanol–water partition coefficient (Wildman–Crippen LogP) is -0.552. The number of aromatic amines is 2. The third kappa shape index (κ3) is 4.97. The number of benzene rings is 1. The van der Waals surface area contributed by atoms with Crippen molar-refractivity contribution in [3.63, 3.8) is 0 Å². The summed E-state index contributed by atoms with van der Waals surface area (Å²) < 4.78 is 0. The molecule has 2 fully saturated rings. The lowest BCUT2D eigenvalue weighted by molar-refractivity contribution is -0.139. The van der Waals surface area contributed by atoms with Crippen molar-refractivity contribution in [2.75, 3.05) is 39.3 Å². The Morgan fingerprint density at radius 1 is 1.03 bits per heavy atom. The Morgan fingerprint density at radius 3 is 2.38 bits per heavy atom. The molecular weight excluding hydrogens is 367 g/mol. The van der Waals surface area contributed by atoms with E-state index in [4.69, 9.17) is 7.85 Å². The van der Waals surface area contributed by atoms with Crippen LogP contribution in [0.15, 0.2) is 29.1 Å². The van der Waals surface area contributed by atoms with Gasteiger partial charge in [-0.1, -0.05) is 29.7 Å². The van der Waals surface area contributed by atoms with E-state index in [0.29, 0.717) is 12.4 Å². The van der Waals surface area contributed by atoms with E-state index in [2.05, 4.69) is 31.0 Å². The van der Waals surface area contributed by atoms with E-state index in [1.807, 2.05) is 23.1 Å². The van der Waals surface area contributed by atoms with Crippen molar-refractivity contribution in [3.8, 4) is 0 Å². The fraction of sp³-hybridized carbons (Fsp3) is 0.550. The van der Waals surface area contributed by atoms with Crippen LogP contribution in [0.1, 0.15) is 24.2 Å². The summed E-state index contributed by atoms with van der Waals surface area (Å²) in [5.74, 6) is 1.03. The highest BCUT2D eigenvalue weighted by Gasteiger charge is 2.30. The Balaban J connectivity index is 1.22. The Labute approximate surface area is 171 Å². The van der Waals surface area contributed by atoms with Crippen LogP contribution in [0.25, 0.3) is 0 Å². The molecule has 2 aromatic rings. The van der Waals surface area contributed by atoms with Crippen molar-refractivity contribution < 1.29 is 4.79 Å². The minimum Gasteiger partial charge on any atom is -0.340 e. The Morgan fingerprint density at radius 2 is 1.72 bits per heavy atom. The molecule has 3 heterocycles. The van der Waals surface area contributed by atoms with Gasteiger partial charge in [-0.05, 0) is 31.5 Å². The molecule has 2 aliphatic heterocycles. The zero-order valence-electron chi connectivity index (χ0n) is 16.6. The van der Waals surface area contributed by atoms with E-state index in [0.717, 1.165) is 69.7 Å². The Bertz CT molecular complexity index is 881. The summed E-state index contributed by atoms with van der Waals surface area (Å²) in [6.07, 6.45) is 1.71. The number of nitrogens with one attached hydrogen (secondary N) is 2. The lowest BCUT2D eigenvalue weighted by Gasteiger charge is -2.38. The maximum atomic E-state index is 12.9. The summed E-state index contributed by atoms with van der Waals surface area (Å²) in [4.78, 5) is 33.4. The highest BCUT2D eigenvalue weighted by molar-refractivity contribution is 6.33. The zero-order valence-corrected chi connectivity index (χ0v) is 16.6. The zero-order chi connectivity index (χ0) is 20.2. The predicted molar refractivity (Wildman–Crippen MR) is 111 cm³/mol. The number of hydrogen-bond donors (Lipinski definition) is 2. The quantitative estimate of drug-likeness (QED) is 0.665. The molecule has 1 amide bonds. The maximum absolute atomic E-state index is 12.9. The van der Waals surface area contributed by atoms with Gasteiger partial charge in [-0.2, -0.15) is 5.10 Å². The summed E-state index contributed by atoms with van der Waals surface area (Å²) in [6, 6.07) is 7.97. The molecule has 2 radical (unpaired) electrons.